The van der Waals surface area contributed by atoms with Crippen LogP contribution >= 0.6 is 12.4 Å². The van der Waals surface area contributed by atoms with Gasteiger partial charge < -0.3 is 10.1 Å². The van der Waals surface area contributed by atoms with Gasteiger partial charge in [0.2, 0.25) is 0 Å². The molecule has 0 saturated carbocycles. The molecule has 1 saturated heterocycles. The Labute approximate surface area is 95.5 Å². The largest absolute Gasteiger partial charge is 0.371 e. The van der Waals surface area contributed by atoms with Gasteiger partial charge in [0.25, 0.3) is 0 Å². The molecule has 0 bridgehead atoms. The van der Waals surface area contributed by atoms with Gasteiger partial charge in [0.15, 0.2) is 0 Å². The van der Waals surface area contributed by atoms with Gasteiger partial charge in [0.1, 0.15) is 0 Å². The molecule has 1 aliphatic heterocycles. The number of hydrogen-bond acceptors (Lipinski definition) is 3. The van der Waals surface area contributed by atoms with Crippen LogP contribution in [0.15, 0.2) is 24.3 Å². The zero-order valence-corrected chi connectivity index (χ0v) is 9.09. The van der Waals surface area contributed by atoms with Crippen molar-refractivity contribution >= 4 is 12.4 Å². The fourth-order valence-electron chi connectivity index (χ4n) is 1.55. The molecular formula is C11H13ClN2O. The van der Waals surface area contributed by atoms with E-state index in [1.165, 1.54) is 0 Å². The Hall–Kier alpha value is -1.08. The highest BCUT2D eigenvalue weighted by Crippen LogP contribution is 2.18. The van der Waals surface area contributed by atoms with Gasteiger partial charge in [-0.05, 0) is 17.7 Å². The lowest BCUT2D eigenvalue weighted by atomic mass is 10.1. The maximum absolute atomic E-state index is 8.65. The fourth-order valence-corrected chi connectivity index (χ4v) is 1.55. The van der Waals surface area contributed by atoms with Crippen molar-refractivity contribution in [3.8, 4) is 6.07 Å². The van der Waals surface area contributed by atoms with Crippen molar-refractivity contribution in [1.82, 2.24) is 5.32 Å². The summed E-state index contributed by atoms with van der Waals surface area (Å²) in [4.78, 5) is 0. The van der Waals surface area contributed by atoms with E-state index in [1.807, 2.05) is 24.3 Å². The van der Waals surface area contributed by atoms with Crippen LogP contribution in [-0.2, 0) is 4.74 Å². The number of nitrogens with one attached hydrogen (secondary N) is 1. The molecule has 0 aliphatic carbocycles. The molecule has 1 aliphatic rings. The number of rotatable bonds is 1. The van der Waals surface area contributed by atoms with Gasteiger partial charge in [0, 0.05) is 13.1 Å². The zero-order valence-electron chi connectivity index (χ0n) is 8.27. The average Bonchev–Trinajstić information content (AvgIpc) is 2.30. The fraction of sp³-hybridized carbons (Fsp3) is 0.364. The van der Waals surface area contributed by atoms with Crippen LogP contribution in [0.4, 0.5) is 0 Å². The number of halogens is 1. The molecule has 1 heterocycles. The van der Waals surface area contributed by atoms with Crippen molar-refractivity contribution in [1.29, 1.82) is 5.26 Å². The zero-order chi connectivity index (χ0) is 9.80. The van der Waals surface area contributed by atoms with Gasteiger partial charge in [-0.1, -0.05) is 12.1 Å². The first-order chi connectivity index (χ1) is 6.90. The van der Waals surface area contributed by atoms with Crippen molar-refractivity contribution < 1.29 is 4.74 Å². The summed E-state index contributed by atoms with van der Waals surface area (Å²) in [5.74, 6) is 0. The van der Waals surface area contributed by atoms with Crippen LogP contribution in [0.25, 0.3) is 0 Å². The Balaban J connectivity index is 0.00000112. The Morgan fingerprint density at radius 1 is 1.33 bits per heavy atom. The minimum atomic E-state index is 0. The summed E-state index contributed by atoms with van der Waals surface area (Å²) >= 11 is 0. The molecule has 0 spiro atoms. The first kappa shape index (κ1) is 12.0. The summed E-state index contributed by atoms with van der Waals surface area (Å²) in [5.41, 5.74) is 1.83. The molecule has 1 aromatic rings. The summed E-state index contributed by atoms with van der Waals surface area (Å²) < 4.78 is 5.59. The van der Waals surface area contributed by atoms with E-state index < -0.39 is 0 Å². The number of nitriles is 1. The third-order valence-electron chi connectivity index (χ3n) is 2.34. The first-order valence-electron chi connectivity index (χ1n) is 4.72. The van der Waals surface area contributed by atoms with Crippen LogP contribution in [0.5, 0.6) is 0 Å². The number of ether oxygens (including phenoxy) is 1. The number of morpholine rings is 1. The van der Waals surface area contributed by atoms with Crippen LogP contribution in [0.1, 0.15) is 17.2 Å². The number of nitrogens with zero attached hydrogens (tertiary/aromatic N) is 1. The predicted molar refractivity (Wildman–Crippen MR) is 60.0 cm³/mol. The van der Waals surface area contributed by atoms with Crippen molar-refractivity contribution in [2.75, 3.05) is 19.7 Å². The molecule has 15 heavy (non-hydrogen) atoms. The van der Waals surface area contributed by atoms with E-state index in [4.69, 9.17) is 10.00 Å². The number of hydrogen-bond donors (Lipinski definition) is 1. The topological polar surface area (TPSA) is 45.0 Å². The SMILES string of the molecule is Cl.N#Cc1ccc([C@H]2CNCCO2)cc1. The predicted octanol–water partition coefficient (Wildman–Crippen LogP) is 1.64. The Morgan fingerprint density at radius 3 is 2.60 bits per heavy atom. The average molecular weight is 225 g/mol. The molecule has 1 atom stereocenters. The smallest absolute Gasteiger partial charge is 0.0991 e. The maximum Gasteiger partial charge on any atom is 0.0991 e. The van der Waals surface area contributed by atoms with E-state index in [9.17, 15) is 0 Å². The molecular weight excluding hydrogens is 212 g/mol. The third kappa shape index (κ3) is 2.93. The van der Waals surface area contributed by atoms with Gasteiger partial charge in [0.05, 0.1) is 24.3 Å². The highest BCUT2D eigenvalue weighted by atomic mass is 35.5. The lowest BCUT2D eigenvalue weighted by molar-refractivity contribution is 0.0277. The summed E-state index contributed by atoms with van der Waals surface area (Å²) in [7, 11) is 0. The summed E-state index contributed by atoms with van der Waals surface area (Å²) in [6, 6.07) is 9.66. The molecule has 1 N–H and O–H groups in total. The first-order valence-corrected chi connectivity index (χ1v) is 4.72. The van der Waals surface area contributed by atoms with Crippen LogP contribution in [0.3, 0.4) is 0 Å². The highest BCUT2D eigenvalue weighted by Gasteiger charge is 2.14. The van der Waals surface area contributed by atoms with Crippen LogP contribution < -0.4 is 5.32 Å². The summed E-state index contributed by atoms with van der Waals surface area (Å²) in [6.07, 6.45) is 0.136. The second-order valence-corrected chi connectivity index (χ2v) is 3.30. The maximum atomic E-state index is 8.65. The molecule has 3 nitrogen and oxygen atoms in total. The molecule has 0 aromatic heterocycles. The minimum absolute atomic E-state index is 0. The molecule has 0 unspecified atom stereocenters. The standard InChI is InChI=1S/C11H12N2O.ClH/c12-7-9-1-3-10(4-2-9)11-8-13-5-6-14-11;/h1-4,11,13H,5-6,8H2;1H/t11-;/m1./s1. The van der Waals surface area contributed by atoms with E-state index in [-0.39, 0.29) is 18.5 Å². The number of benzene rings is 1. The van der Waals surface area contributed by atoms with E-state index in [0.29, 0.717) is 5.56 Å². The lowest BCUT2D eigenvalue weighted by Gasteiger charge is -2.23. The minimum Gasteiger partial charge on any atom is -0.371 e. The van der Waals surface area contributed by atoms with E-state index in [1.54, 1.807) is 0 Å². The molecule has 1 aromatic carbocycles. The van der Waals surface area contributed by atoms with Crippen LogP contribution in [0, 0.1) is 11.3 Å². The van der Waals surface area contributed by atoms with Gasteiger partial charge in [-0.2, -0.15) is 5.26 Å². The van der Waals surface area contributed by atoms with Crippen molar-refractivity contribution in [2.24, 2.45) is 0 Å². The van der Waals surface area contributed by atoms with E-state index in [0.717, 1.165) is 25.3 Å². The molecule has 1 fully saturated rings. The van der Waals surface area contributed by atoms with Gasteiger partial charge >= 0.3 is 0 Å². The van der Waals surface area contributed by atoms with E-state index >= 15 is 0 Å². The Kier molecular flexibility index (Phi) is 4.57. The monoisotopic (exact) mass is 224 g/mol. The lowest BCUT2D eigenvalue weighted by Crippen LogP contribution is -2.33. The summed E-state index contributed by atoms with van der Waals surface area (Å²) in [5, 5.41) is 11.9. The highest BCUT2D eigenvalue weighted by molar-refractivity contribution is 5.85. The van der Waals surface area contributed by atoms with Crippen molar-refractivity contribution in [3.63, 3.8) is 0 Å². The van der Waals surface area contributed by atoms with Gasteiger partial charge in [-0.25, -0.2) is 0 Å². The van der Waals surface area contributed by atoms with E-state index in [2.05, 4.69) is 11.4 Å². The normalized spacial score (nSPS) is 20.1. The van der Waals surface area contributed by atoms with Crippen LogP contribution in [-0.4, -0.2) is 19.7 Å². The second-order valence-electron chi connectivity index (χ2n) is 3.30. The summed E-state index contributed by atoms with van der Waals surface area (Å²) in [6.45, 7) is 2.53. The van der Waals surface area contributed by atoms with Crippen molar-refractivity contribution in [3.05, 3.63) is 35.4 Å². The van der Waals surface area contributed by atoms with Crippen molar-refractivity contribution in [2.45, 2.75) is 6.10 Å². The quantitative estimate of drug-likeness (QED) is 0.789. The molecule has 2 rings (SSSR count). The third-order valence-corrected chi connectivity index (χ3v) is 2.34. The van der Waals surface area contributed by atoms with Gasteiger partial charge in [-0.15, -0.1) is 12.4 Å². The molecule has 0 radical (unpaired) electrons. The van der Waals surface area contributed by atoms with Crippen LogP contribution in [0.2, 0.25) is 0 Å². The second kappa shape index (κ2) is 5.72. The molecule has 80 valence electrons. The Morgan fingerprint density at radius 2 is 2.07 bits per heavy atom. The Bertz CT molecular complexity index is 339. The molecule has 4 heteroatoms. The molecule has 0 amide bonds. The van der Waals surface area contributed by atoms with Gasteiger partial charge in [-0.3, -0.25) is 0 Å².